The predicted octanol–water partition coefficient (Wildman–Crippen LogP) is 2.78. The number of aromatic carboxylic acids is 1. The van der Waals surface area contributed by atoms with Gasteiger partial charge in [0.15, 0.2) is 0 Å². The SMILES string of the molecule is O=C(O)c1ccc(CNc2ccc(-n3cccn3)cc2)o1. The molecule has 21 heavy (non-hydrogen) atoms. The topological polar surface area (TPSA) is 80.3 Å². The van der Waals surface area contributed by atoms with Crippen molar-refractivity contribution in [1.82, 2.24) is 9.78 Å². The van der Waals surface area contributed by atoms with Crippen LogP contribution in [0, 0.1) is 0 Å². The average Bonchev–Trinajstić information content (AvgIpc) is 3.17. The summed E-state index contributed by atoms with van der Waals surface area (Å²) in [6.07, 6.45) is 3.60. The minimum atomic E-state index is -1.06. The van der Waals surface area contributed by atoms with Crippen LogP contribution in [0.4, 0.5) is 5.69 Å². The number of hydrogen-bond acceptors (Lipinski definition) is 4. The second-order valence-corrected chi connectivity index (χ2v) is 4.42. The second kappa shape index (κ2) is 5.54. The van der Waals surface area contributed by atoms with Crippen molar-refractivity contribution in [2.24, 2.45) is 0 Å². The molecule has 0 spiro atoms. The molecular formula is C15H13N3O3. The summed E-state index contributed by atoms with van der Waals surface area (Å²) >= 11 is 0. The Morgan fingerprint density at radius 3 is 2.67 bits per heavy atom. The molecule has 0 bridgehead atoms. The third-order valence-electron chi connectivity index (χ3n) is 2.98. The molecule has 0 saturated carbocycles. The highest BCUT2D eigenvalue weighted by molar-refractivity contribution is 5.84. The van der Waals surface area contributed by atoms with E-state index in [0.717, 1.165) is 11.4 Å². The molecule has 3 aromatic rings. The summed E-state index contributed by atoms with van der Waals surface area (Å²) in [5.74, 6) is -0.547. The summed E-state index contributed by atoms with van der Waals surface area (Å²) in [6, 6.07) is 12.7. The van der Waals surface area contributed by atoms with Crippen LogP contribution in [0.2, 0.25) is 0 Å². The number of rotatable bonds is 5. The van der Waals surface area contributed by atoms with Gasteiger partial charge in [-0.05, 0) is 42.5 Å². The van der Waals surface area contributed by atoms with Gasteiger partial charge in [-0.1, -0.05) is 0 Å². The van der Waals surface area contributed by atoms with Crippen LogP contribution >= 0.6 is 0 Å². The molecule has 0 aliphatic carbocycles. The molecule has 0 radical (unpaired) electrons. The van der Waals surface area contributed by atoms with Crippen LogP contribution in [0.15, 0.2) is 59.3 Å². The minimum Gasteiger partial charge on any atom is -0.475 e. The highest BCUT2D eigenvalue weighted by Crippen LogP contribution is 2.15. The Hall–Kier alpha value is -3.02. The Morgan fingerprint density at radius 1 is 1.24 bits per heavy atom. The predicted molar refractivity (Wildman–Crippen MR) is 76.6 cm³/mol. The van der Waals surface area contributed by atoms with Gasteiger partial charge >= 0.3 is 5.97 Å². The third-order valence-corrected chi connectivity index (χ3v) is 2.98. The van der Waals surface area contributed by atoms with E-state index in [-0.39, 0.29) is 5.76 Å². The van der Waals surface area contributed by atoms with E-state index in [1.54, 1.807) is 16.9 Å². The molecule has 0 amide bonds. The quantitative estimate of drug-likeness (QED) is 0.752. The van der Waals surface area contributed by atoms with Crippen molar-refractivity contribution in [1.29, 1.82) is 0 Å². The third kappa shape index (κ3) is 2.94. The Kier molecular flexibility index (Phi) is 3.42. The first-order valence-electron chi connectivity index (χ1n) is 6.38. The first-order chi connectivity index (χ1) is 10.2. The monoisotopic (exact) mass is 283 g/mol. The van der Waals surface area contributed by atoms with Gasteiger partial charge in [-0.3, -0.25) is 0 Å². The number of benzene rings is 1. The molecule has 0 atom stereocenters. The van der Waals surface area contributed by atoms with E-state index < -0.39 is 5.97 Å². The number of aromatic nitrogens is 2. The lowest BCUT2D eigenvalue weighted by molar-refractivity contribution is 0.0660. The van der Waals surface area contributed by atoms with Crippen molar-refractivity contribution < 1.29 is 14.3 Å². The zero-order chi connectivity index (χ0) is 14.7. The fourth-order valence-electron chi connectivity index (χ4n) is 1.93. The molecule has 0 aliphatic rings. The number of hydrogen-bond donors (Lipinski definition) is 2. The maximum atomic E-state index is 10.7. The van der Waals surface area contributed by atoms with Crippen LogP contribution in [0.25, 0.3) is 5.69 Å². The maximum Gasteiger partial charge on any atom is 0.371 e. The highest BCUT2D eigenvalue weighted by atomic mass is 16.4. The van der Waals surface area contributed by atoms with Crippen molar-refractivity contribution >= 4 is 11.7 Å². The zero-order valence-electron chi connectivity index (χ0n) is 11.1. The molecule has 6 heteroatoms. The summed E-state index contributed by atoms with van der Waals surface area (Å²) in [5, 5.41) is 16.1. The molecular weight excluding hydrogens is 270 g/mol. The largest absolute Gasteiger partial charge is 0.475 e. The number of nitrogens with zero attached hydrogens (tertiary/aromatic N) is 2. The second-order valence-electron chi connectivity index (χ2n) is 4.42. The Bertz CT molecular complexity index is 730. The van der Waals surface area contributed by atoms with E-state index in [1.165, 1.54) is 6.07 Å². The van der Waals surface area contributed by atoms with Gasteiger partial charge < -0.3 is 14.8 Å². The van der Waals surface area contributed by atoms with Crippen LogP contribution in [-0.2, 0) is 6.54 Å². The van der Waals surface area contributed by atoms with Gasteiger partial charge in [0.05, 0.1) is 12.2 Å². The zero-order valence-corrected chi connectivity index (χ0v) is 11.1. The van der Waals surface area contributed by atoms with Crippen LogP contribution in [0.1, 0.15) is 16.3 Å². The summed E-state index contributed by atoms with van der Waals surface area (Å²) in [4.78, 5) is 10.7. The Morgan fingerprint density at radius 2 is 2.05 bits per heavy atom. The average molecular weight is 283 g/mol. The highest BCUT2D eigenvalue weighted by Gasteiger charge is 2.08. The van der Waals surface area contributed by atoms with Crippen LogP contribution in [-0.4, -0.2) is 20.9 Å². The maximum absolute atomic E-state index is 10.7. The molecule has 106 valence electrons. The summed E-state index contributed by atoms with van der Waals surface area (Å²) < 4.78 is 6.95. The van der Waals surface area contributed by atoms with Crippen molar-refractivity contribution in [3.63, 3.8) is 0 Å². The molecule has 0 unspecified atom stereocenters. The van der Waals surface area contributed by atoms with Crippen molar-refractivity contribution in [2.45, 2.75) is 6.54 Å². The van der Waals surface area contributed by atoms with Gasteiger partial charge in [0.1, 0.15) is 5.76 Å². The van der Waals surface area contributed by atoms with Crippen LogP contribution < -0.4 is 5.32 Å². The minimum absolute atomic E-state index is 0.0548. The molecule has 0 fully saturated rings. The molecule has 6 nitrogen and oxygen atoms in total. The fraction of sp³-hybridized carbons (Fsp3) is 0.0667. The number of nitrogens with one attached hydrogen (secondary N) is 1. The Balaban J connectivity index is 1.64. The van der Waals surface area contributed by atoms with E-state index in [1.807, 2.05) is 36.5 Å². The number of carboxylic acid groups (broad SMARTS) is 1. The lowest BCUT2D eigenvalue weighted by atomic mass is 10.2. The first-order valence-corrected chi connectivity index (χ1v) is 6.38. The molecule has 2 N–H and O–H groups in total. The number of carbonyl (C=O) groups is 1. The smallest absolute Gasteiger partial charge is 0.371 e. The van der Waals surface area contributed by atoms with Crippen molar-refractivity contribution in [2.75, 3.05) is 5.32 Å². The van der Waals surface area contributed by atoms with Gasteiger partial charge in [0.25, 0.3) is 0 Å². The molecule has 0 aliphatic heterocycles. The van der Waals surface area contributed by atoms with E-state index in [2.05, 4.69) is 10.4 Å². The van der Waals surface area contributed by atoms with Crippen LogP contribution in [0.5, 0.6) is 0 Å². The first kappa shape index (κ1) is 13.0. The summed E-state index contributed by atoms with van der Waals surface area (Å²) in [7, 11) is 0. The van der Waals surface area contributed by atoms with Gasteiger partial charge in [0.2, 0.25) is 5.76 Å². The molecule has 0 saturated heterocycles. The summed E-state index contributed by atoms with van der Waals surface area (Å²) in [6.45, 7) is 0.425. The normalized spacial score (nSPS) is 10.5. The van der Waals surface area contributed by atoms with E-state index in [4.69, 9.17) is 9.52 Å². The van der Waals surface area contributed by atoms with Crippen molar-refractivity contribution in [3.05, 3.63) is 66.4 Å². The number of carboxylic acids is 1. The molecule has 1 aromatic carbocycles. The lowest BCUT2D eigenvalue weighted by Crippen LogP contribution is -1.99. The Labute approximate surface area is 120 Å². The standard InChI is InChI=1S/C15H13N3O3/c19-15(20)14-7-6-13(21-14)10-16-11-2-4-12(5-3-11)18-9-1-8-17-18/h1-9,16H,10H2,(H,19,20). The van der Waals surface area contributed by atoms with Gasteiger partial charge in [0, 0.05) is 18.1 Å². The van der Waals surface area contributed by atoms with Crippen LogP contribution in [0.3, 0.4) is 0 Å². The number of furan rings is 1. The summed E-state index contributed by atoms with van der Waals surface area (Å²) in [5.41, 5.74) is 1.89. The van der Waals surface area contributed by atoms with Crippen molar-refractivity contribution in [3.8, 4) is 5.69 Å². The molecule has 3 rings (SSSR count). The van der Waals surface area contributed by atoms with E-state index >= 15 is 0 Å². The fourth-order valence-corrected chi connectivity index (χ4v) is 1.93. The molecule has 2 heterocycles. The number of anilines is 1. The van der Waals surface area contributed by atoms with Gasteiger partial charge in [-0.2, -0.15) is 5.10 Å². The van der Waals surface area contributed by atoms with Gasteiger partial charge in [-0.15, -0.1) is 0 Å². The molecule has 2 aromatic heterocycles. The van der Waals surface area contributed by atoms with E-state index in [0.29, 0.717) is 12.3 Å². The van der Waals surface area contributed by atoms with Gasteiger partial charge in [-0.25, -0.2) is 9.48 Å². The lowest BCUT2D eigenvalue weighted by Gasteiger charge is -2.06. The van der Waals surface area contributed by atoms with E-state index in [9.17, 15) is 4.79 Å².